The molecule has 2 heterocycles. The summed E-state index contributed by atoms with van der Waals surface area (Å²) in [5.74, 6) is 2.21. The Morgan fingerprint density at radius 3 is 2.71 bits per heavy atom. The topological polar surface area (TPSA) is 0 Å². The van der Waals surface area contributed by atoms with Crippen LogP contribution in [0.25, 0.3) is 0 Å². The van der Waals surface area contributed by atoms with Gasteiger partial charge in [-0.25, -0.2) is 0 Å². The molecule has 4 bridgehead atoms. The zero-order chi connectivity index (χ0) is 9.71. The first-order valence-corrected chi connectivity index (χ1v) is 7.56. The predicted octanol–water partition coefficient (Wildman–Crippen LogP) is 3.84. The van der Waals surface area contributed by atoms with E-state index < -0.39 is 0 Å². The molecule has 2 unspecified atom stereocenters. The fraction of sp³-hybridized carbons (Fsp3) is 0.400. The molecule has 0 fully saturated rings. The minimum absolute atomic E-state index is 0.397. The molecule has 1 aromatic rings. The maximum Gasteiger partial charge on any atom is 0.0375 e. The van der Waals surface area contributed by atoms with E-state index in [1.807, 2.05) is 23.5 Å². The molecule has 0 aliphatic carbocycles. The molecule has 2 aliphatic heterocycles. The Bertz CT molecular complexity index is 388. The average Bonchev–Trinajstić information content (AvgIpc) is 2.18. The van der Waals surface area contributed by atoms with E-state index in [4.69, 9.17) is 0 Å². The van der Waals surface area contributed by atoms with Gasteiger partial charge in [-0.15, -0.1) is 23.5 Å². The van der Waals surface area contributed by atoms with Gasteiger partial charge < -0.3 is 0 Å². The standard InChI is InChI=1S/C10H10S4/c11-6-3-14-10-8-2-1-5(6)9(10)7(12)4-13-8/h1-2,6-7,11-12H,3-4H2. The van der Waals surface area contributed by atoms with Crippen LogP contribution in [-0.4, -0.2) is 11.5 Å². The van der Waals surface area contributed by atoms with Crippen molar-refractivity contribution in [1.82, 2.24) is 0 Å². The molecule has 0 saturated carbocycles. The van der Waals surface area contributed by atoms with Crippen LogP contribution in [0.2, 0.25) is 0 Å². The van der Waals surface area contributed by atoms with Crippen molar-refractivity contribution in [2.45, 2.75) is 20.3 Å². The maximum absolute atomic E-state index is 4.66. The summed E-state index contributed by atoms with van der Waals surface area (Å²) in [5, 5.41) is 0.801. The van der Waals surface area contributed by atoms with E-state index in [0.29, 0.717) is 10.5 Å². The molecule has 3 rings (SSSR count). The highest BCUT2D eigenvalue weighted by molar-refractivity contribution is 8.03. The lowest BCUT2D eigenvalue weighted by Crippen LogP contribution is -2.14. The van der Waals surface area contributed by atoms with Crippen molar-refractivity contribution in [3.05, 3.63) is 23.3 Å². The number of hydrogen-bond donors (Lipinski definition) is 2. The van der Waals surface area contributed by atoms with Crippen LogP contribution >= 0.6 is 48.8 Å². The quantitative estimate of drug-likeness (QED) is 0.679. The summed E-state index contributed by atoms with van der Waals surface area (Å²) in [5.41, 5.74) is 2.87. The summed E-state index contributed by atoms with van der Waals surface area (Å²) in [7, 11) is 0. The van der Waals surface area contributed by atoms with Gasteiger partial charge in [0.1, 0.15) is 0 Å². The zero-order valence-corrected chi connectivity index (χ0v) is 10.9. The lowest BCUT2D eigenvalue weighted by molar-refractivity contribution is 0.916. The van der Waals surface area contributed by atoms with Crippen LogP contribution in [0.5, 0.6) is 0 Å². The van der Waals surface area contributed by atoms with Crippen LogP contribution in [0.1, 0.15) is 21.6 Å². The van der Waals surface area contributed by atoms with Crippen molar-refractivity contribution in [2.24, 2.45) is 0 Å². The fourth-order valence-electron chi connectivity index (χ4n) is 2.00. The first-order chi connectivity index (χ1) is 6.77. The first kappa shape index (κ1) is 9.82. The Morgan fingerprint density at radius 2 is 1.86 bits per heavy atom. The summed E-state index contributed by atoms with van der Waals surface area (Å²) < 4.78 is 0. The molecule has 14 heavy (non-hydrogen) atoms. The van der Waals surface area contributed by atoms with Gasteiger partial charge in [-0.05, 0) is 17.2 Å². The first-order valence-electron chi connectivity index (χ1n) is 4.56. The van der Waals surface area contributed by atoms with Gasteiger partial charge in [0.2, 0.25) is 0 Å². The SMILES string of the molecule is SC1CSc2c3ccc1c2C(S)CS3. The van der Waals surface area contributed by atoms with Crippen molar-refractivity contribution in [2.75, 3.05) is 11.5 Å². The second-order valence-corrected chi connectivity index (χ2v) is 6.89. The van der Waals surface area contributed by atoms with Gasteiger partial charge in [0.05, 0.1) is 0 Å². The van der Waals surface area contributed by atoms with Crippen LogP contribution in [0.3, 0.4) is 0 Å². The third-order valence-electron chi connectivity index (χ3n) is 2.67. The highest BCUT2D eigenvalue weighted by Crippen LogP contribution is 2.52. The second-order valence-electron chi connectivity index (χ2n) is 3.55. The van der Waals surface area contributed by atoms with Gasteiger partial charge in [-0.1, -0.05) is 6.07 Å². The minimum Gasteiger partial charge on any atom is -0.170 e. The highest BCUT2D eigenvalue weighted by atomic mass is 32.2. The molecule has 0 nitrogen and oxygen atoms in total. The van der Waals surface area contributed by atoms with E-state index >= 15 is 0 Å². The van der Waals surface area contributed by atoms with Crippen LogP contribution in [0.4, 0.5) is 0 Å². The fourth-order valence-corrected chi connectivity index (χ4v) is 5.43. The normalized spacial score (nSPS) is 29.0. The Morgan fingerprint density at radius 1 is 1.07 bits per heavy atom. The van der Waals surface area contributed by atoms with Gasteiger partial charge in [0.25, 0.3) is 0 Å². The van der Waals surface area contributed by atoms with Crippen LogP contribution < -0.4 is 0 Å². The van der Waals surface area contributed by atoms with E-state index in [1.165, 1.54) is 20.9 Å². The Labute approximate surface area is 103 Å². The Balaban J connectivity index is 2.27. The molecule has 0 N–H and O–H groups in total. The monoisotopic (exact) mass is 258 g/mol. The third kappa shape index (κ3) is 1.34. The van der Waals surface area contributed by atoms with E-state index in [0.717, 1.165) is 11.5 Å². The van der Waals surface area contributed by atoms with Gasteiger partial charge in [0.15, 0.2) is 0 Å². The average molecular weight is 258 g/mol. The summed E-state index contributed by atoms with van der Waals surface area (Å²) in [6.07, 6.45) is 0. The molecule has 0 radical (unpaired) electrons. The molecule has 74 valence electrons. The molecule has 1 aromatic carbocycles. The Hall–Kier alpha value is 0.620. The lowest BCUT2D eigenvalue weighted by Gasteiger charge is -2.32. The molecular weight excluding hydrogens is 248 g/mol. The second kappa shape index (κ2) is 3.58. The molecule has 0 aromatic heterocycles. The smallest absolute Gasteiger partial charge is 0.0375 e. The predicted molar refractivity (Wildman–Crippen MR) is 71.3 cm³/mol. The lowest BCUT2D eigenvalue weighted by atomic mass is 10.0. The zero-order valence-electron chi connectivity index (χ0n) is 7.43. The van der Waals surface area contributed by atoms with Crippen molar-refractivity contribution in [3.8, 4) is 0 Å². The van der Waals surface area contributed by atoms with Crippen LogP contribution in [0.15, 0.2) is 21.9 Å². The summed E-state index contributed by atoms with van der Waals surface area (Å²) >= 11 is 13.2. The molecule has 0 amide bonds. The van der Waals surface area contributed by atoms with Crippen LogP contribution in [0, 0.1) is 0 Å². The number of thioether (sulfide) groups is 2. The number of hydrogen-bond acceptors (Lipinski definition) is 4. The molecule has 0 spiro atoms. The van der Waals surface area contributed by atoms with Gasteiger partial charge in [-0.3, -0.25) is 0 Å². The highest BCUT2D eigenvalue weighted by Gasteiger charge is 2.30. The molecule has 4 heteroatoms. The summed E-state index contributed by atoms with van der Waals surface area (Å²) in [4.78, 5) is 2.92. The minimum atomic E-state index is 0.397. The third-order valence-corrected chi connectivity index (χ3v) is 6.57. The summed E-state index contributed by atoms with van der Waals surface area (Å²) in [6, 6.07) is 4.48. The summed E-state index contributed by atoms with van der Waals surface area (Å²) in [6.45, 7) is 0. The largest absolute Gasteiger partial charge is 0.170 e. The number of rotatable bonds is 0. The van der Waals surface area contributed by atoms with Crippen molar-refractivity contribution in [1.29, 1.82) is 0 Å². The van der Waals surface area contributed by atoms with E-state index in [2.05, 4.69) is 37.4 Å². The molecule has 2 aliphatic rings. The van der Waals surface area contributed by atoms with Crippen molar-refractivity contribution < 1.29 is 0 Å². The van der Waals surface area contributed by atoms with Gasteiger partial charge in [0, 0.05) is 31.8 Å². The molecule has 0 saturated heterocycles. The Kier molecular flexibility index (Phi) is 2.51. The van der Waals surface area contributed by atoms with Crippen molar-refractivity contribution >= 4 is 48.8 Å². The van der Waals surface area contributed by atoms with Crippen molar-refractivity contribution in [3.63, 3.8) is 0 Å². The van der Waals surface area contributed by atoms with E-state index in [1.54, 1.807) is 0 Å². The van der Waals surface area contributed by atoms with Gasteiger partial charge >= 0.3 is 0 Å². The maximum atomic E-state index is 4.66. The number of benzene rings is 1. The number of thiol groups is 2. The van der Waals surface area contributed by atoms with E-state index in [-0.39, 0.29) is 0 Å². The van der Waals surface area contributed by atoms with E-state index in [9.17, 15) is 0 Å². The molecule has 2 atom stereocenters. The van der Waals surface area contributed by atoms with Crippen LogP contribution in [-0.2, 0) is 0 Å². The van der Waals surface area contributed by atoms with Gasteiger partial charge in [-0.2, -0.15) is 25.3 Å². The molecular formula is C10H10S4.